The summed E-state index contributed by atoms with van der Waals surface area (Å²) in [6, 6.07) is 0. The molecule has 1 fully saturated rings. The number of nitrogens with zero attached hydrogens (tertiary/aromatic N) is 1. The Bertz CT molecular complexity index is 235. The van der Waals surface area contributed by atoms with Gasteiger partial charge in [-0.1, -0.05) is 45.4 Å². The highest BCUT2D eigenvalue weighted by Gasteiger charge is 2.31. The summed E-state index contributed by atoms with van der Waals surface area (Å²) >= 11 is 0. The first-order chi connectivity index (χ1) is 8.65. The van der Waals surface area contributed by atoms with Crippen molar-refractivity contribution in [2.24, 2.45) is 0 Å². The minimum atomic E-state index is -0.761. The van der Waals surface area contributed by atoms with Gasteiger partial charge in [-0.3, -0.25) is 4.79 Å². The predicted octanol–water partition coefficient (Wildman–Crippen LogP) is 1.69. The molecule has 2 unspecified atom stereocenters. The van der Waals surface area contributed by atoms with E-state index in [0.717, 1.165) is 12.8 Å². The standard InChI is InChI=1S/C14H27NO3/c1-2-3-4-5-6-7-8-9-14(18)15-10-12(16)13(17)11-15/h12-13,16-17H,2-11H2,1H3. The molecule has 0 aromatic heterocycles. The van der Waals surface area contributed by atoms with Gasteiger partial charge in [-0.05, 0) is 6.42 Å². The van der Waals surface area contributed by atoms with Gasteiger partial charge in [0, 0.05) is 19.5 Å². The van der Waals surface area contributed by atoms with E-state index in [1.54, 1.807) is 4.90 Å². The zero-order valence-electron chi connectivity index (χ0n) is 11.5. The number of unbranched alkanes of at least 4 members (excludes halogenated alkanes) is 6. The summed E-state index contributed by atoms with van der Waals surface area (Å²) in [6.45, 7) is 2.78. The zero-order valence-corrected chi connectivity index (χ0v) is 11.5. The van der Waals surface area contributed by atoms with Crippen LogP contribution in [-0.4, -0.2) is 46.3 Å². The monoisotopic (exact) mass is 257 g/mol. The van der Waals surface area contributed by atoms with Crippen LogP contribution in [0.25, 0.3) is 0 Å². The summed E-state index contributed by atoms with van der Waals surface area (Å²) in [4.78, 5) is 13.4. The second-order valence-corrected chi connectivity index (χ2v) is 5.30. The molecule has 18 heavy (non-hydrogen) atoms. The highest BCUT2D eigenvalue weighted by molar-refractivity contribution is 5.76. The SMILES string of the molecule is CCCCCCCCCC(=O)N1CC(O)C(O)C1. The number of aliphatic hydroxyl groups is 2. The van der Waals surface area contributed by atoms with Crippen molar-refractivity contribution in [2.45, 2.75) is 70.5 Å². The van der Waals surface area contributed by atoms with E-state index in [1.807, 2.05) is 0 Å². The Balaban J connectivity index is 2.00. The van der Waals surface area contributed by atoms with Crippen LogP contribution in [0.4, 0.5) is 0 Å². The van der Waals surface area contributed by atoms with Crippen LogP contribution in [-0.2, 0) is 4.79 Å². The third-order valence-corrected chi connectivity index (χ3v) is 3.61. The van der Waals surface area contributed by atoms with E-state index in [0.29, 0.717) is 6.42 Å². The highest BCUT2D eigenvalue weighted by atomic mass is 16.3. The third-order valence-electron chi connectivity index (χ3n) is 3.61. The van der Waals surface area contributed by atoms with Crippen molar-refractivity contribution in [1.29, 1.82) is 0 Å². The summed E-state index contributed by atoms with van der Waals surface area (Å²) in [5.41, 5.74) is 0. The van der Waals surface area contributed by atoms with Crippen molar-refractivity contribution >= 4 is 5.91 Å². The minimum absolute atomic E-state index is 0.0687. The Morgan fingerprint density at radius 2 is 1.50 bits per heavy atom. The maximum Gasteiger partial charge on any atom is 0.222 e. The third kappa shape index (κ3) is 5.36. The van der Waals surface area contributed by atoms with Crippen molar-refractivity contribution in [3.05, 3.63) is 0 Å². The van der Waals surface area contributed by atoms with Crippen LogP contribution in [0.5, 0.6) is 0 Å². The van der Waals surface area contributed by atoms with Crippen LogP contribution >= 0.6 is 0 Å². The van der Waals surface area contributed by atoms with Crippen molar-refractivity contribution in [3.63, 3.8) is 0 Å². The Labute approximate surface area is 110 Å². The summed E-state index contributed by atoms with van der Waals surface area (Å²) in [6.07, 6.45) is 7.40. The van der Waals surface area contributed by atoms with E-state index >= 15 is 0 Å². The normalized spacial score (nSPS) is 23.6. The molecule has 0 spiro atoms. The number of likely N-dealkylation sites (tertiary alicyclic amines) is 1. The van der Waals surface area contributed by atoms with Gasteiger partial charge in [-0.15, -0.1) is 0 Å². The smallest absolute Gasteiger partial charge is 0.222 e. The predicted molar refractivity (Wildman–Crippen MR) is 71.2 cm³/mol. The zero-order chi connectivity index (χ0) is 13.4. The van der Waals surface area contributed by atoms with E-state index in [1.165, 1.54) is 32.1 Å². The topological polar surface area (TPSA) is 60.8 Å². The van der Waals surface area contributed by atoms with Gasteiger partial charge >= 0.3 is 0 Å². The minimum Gasteiger partial charge on any atom is -0.388 e. The summed E-state index contributed by atoms with van der Waals surface area (Å²) in [7, 11) is 0. The number of carbonyl (C=O) groups is 1. The second kappa shape index (κ2) is 8.48. The van der Waals surface area contributed by atoms with Gasteiger partial charge in [0.15, 0.2) is 0 Å². The van der Waals surface area contributed by atoms with Crippen LogP contribution in [0.1, 0.15) is 58.3 Å². The molecule has 2 N–H and O–H groups in total. The fraction of sp³-hybridized carbons (Fsp3) is 0.929. The fourth-order valence-corrected chi connectivity index (χ4v) is 2.36. The molecule has 0 aromatic rings. The molecule has 106 valence electrons. The average Bonchev–Trinajstić information content (AvgIpc) is 2.68. The Morgan fingerprint density at radius 1 is 1.00 bits per heavy atom. The quantitative estimate of drug-likeness (QED) is 0.651. The largest absolute Gasteiger partial charge is 0.388 e. The molecule has 2 atom stereocenters. The maximum absolute atomic E-state index is 11.8. The molecule has 0 bridgehead atoms. The van der Waals surface area contributed by atoms with E-state index in [-0.39, 0.29) is 19.0 Å². The van der Waals surface area contributed by atoms with Crippen molar-refractivity contribution in [3.8, 4) is 0 Å². The lowest BCUT2D eigenvalue weighted by Gasteiger charge is -2.14. The van der Waals surface area contributed by atoms with E-state index in [4.69, 9.17) is 0 Å². The number of β-amino-alcohol motifs (C(OH)–C–C–N with tert-alkyl or cyclic N) is 2. The van der Waals surface area contributed by atoms with Gasteiger partial charge < -0.3 is 15.1 Å². The van der Waals surface area contributed by atoms with E-state index in [2.05, 4.69) is 6.92 Å². The number of rotatable bonds is 8. The first kappa shape index (κ1) is 15.4. The highest BCUT2D eigenvalue weighted by Crippen LogP contribution is 2.14. The van der Waals surface area contributed by atoms with E-state index < -0.39 is 12.2 Å². The van der Waals surface area contributed by atoms with Crippen molar-refractivity contribution in [1.82, 2.24) is 4.90 Å². The first-order valence-electron chi connectivity index (χ1n) is 7.29. The van der Waals surface area contributed by atoms with Crippen LogP contribution in [0.3, 0.4) is 0 Å². The van der Waals surface area contributed by atoms with Crippen LogP contribution in [0.15, 0.2) is 0 Å². The lowest BCUT2D eigenvalue weighted by molar-refractivity contribution is -0.130. The summed E-state index contributed by atoms with van der Waals surface area (Å²) < 4.78 is 0. The molecule has 0 aliphatic carbocycles. The van der Waals surface area contributed by atoms with Crippen LogP contribution in [0, 0.1) is 0 Å². The van der Waals surface area contributed by atoms with Gasteiger partial charge in [0.2, 0.25) is 5.91 Å². The molecule has 1 amide bonds. The van der Waals surface area contributed by atoms with Gasteiger partial charge in [0.1, 0.15) is 0 Å². The van der Waals surface area contributed by atoms with Crippen LogP contribution in [0.2, 0.25) is 0 Å². The van der Waals surface area contributed by atoms with Crippen molar-refractivity contribution < 1.29 is 15.0 Å². The lowest BCUT2D eigenvalue weighted by atomic mass is 10.1. The van der Waals surface area contributed by atoms with Gasteiger partial charge in [-0.25, -0.2) is 0 Å². The van der Waals surface area contributed by atoms with Gasteiger partial charge in [0.05, 0.1) is 12.2 Å². The number of hydrogen-bond acceptors (Lipinski definition) is 3. The second-order valence-electron chi connectivity index (χ2n) is 5.30. The summed E-state index contributed by atoms with van der Waals surface area (Å²) in [5.74, 6) is 0.0687. The first-order valence-corrected chi connectivity index (χ1v) is 7.29. The lowest BCUT2D eigenvalue weighted by Crippen LogP contribution is -2.29. The number of amides is 1. The molecular weight excluding hydrogens is 230 g/mol. The molecule has 1 aliphatic heterocycles. The number of hydrogen-bond donors (Lipinski definition) is 2. The molecule has 1 rings (SSSR count). The molecule has 1 heterocycles. The fourth-order valence-electron chi connectivity index (χ4n) is 2.36. The molecule has 0 radical (unpaired) electrons. The molecule has 4 nitrogen and oxygen atoms in total. The Kier molecular flexibility index (Phi) is 7.28. The Morgan fingerprint density at radius 3 is 2.06 bits per heavy atom. The van der Waals surface area contributed by atoms with E-state index in [9.17, 15) is 15.0 Å². The maximum atomic E-state index is 11.8. The van der Waals surface area contributed by atoms with Crippen LogP contribution < -0.4 is 0 Å². The molecule has 1 aliphatic rings. The number of aliphatic hydroxyl groups excluding tert-OH is 2. The number of carbonyl (C=O) groups excluding carboxylic acids is 1. The Hall–Kier alpha value is -0.610. The van der Waals surface area contributed by atoms with Gasteiger partial charge in [-0.2, -0.15) is 0 Å². The van der Waals surface area contributed by atoms with Gasteiger partial charge in [0.25, 0.3) is 0 Å². The molecule has 0 aromatic carbocycles. The molecule has 0 saturated carbocycles. The van der Waals surface area contributed by atoms with Crippen molar-refractivity contribution in [2.75, 3.05) is 13.1 Å². The molecule has 1 saturated heterocycles. The average molecular weight is 257 g/mol. The molecular formula is C14H27NO3. The molecule has 4 heteroatoms. The summed E-state index contributed by atoms with van der Waals surface area (Å²) in [5, 5.41) is 18.7.